The molecule has 5 heteroatoms. The van der Waals surface area contributed by atoms with Crippen LogP contribution in [0.25, 0.3) is 0 Å². The second-order valence-electron chi connectivity index (χ2n) is 9.04. The number of anilines is 1. The predicted octanol–water partition coefficient (Wildman–Crippen LogP) is 4.59. The lowest BCUT2D eigenvalue weighted by Crippen LogP contribution is -2.46. The van der Waals surface area contributed by atoms with Crippen molar-refractivity contribution in [2.24, 2.45) is 5.92 Å². The van der Waals surface area contributed by atoms with E-state index in [1.54, 1.807) is 0 Å². The summed E-state index contributed by atoms with van der Waals surface area (Å²) in [5.74, 6) is 0.113. The molecule has 3 atom stereocenters. The lowest BCUT2D eigenvalue weighted by molar-refractivity contribution is -0.143. The van der Waals surface area contributed by atoms with Crippen LogP contribution in [0.5, 0.6) is 0 Å². The van der Waals surface area contributed by atoms with Crippen LogP contribution in [0.2, 0.25) is 0 Å². The predicted molar refractivity (Wildman–Crippen MR) is 112 cm³/mol. The summed E-state index contributed by atoms with van der Waals surface area (Å²) >= 11 is 0. The third-order valence-corrected chi connectivity index (χ3v) is 6.47. The third-order valence-electron chi connectivity index (χ3n) is 6.47. The molecule has 1 aromatic carbocycles. The molecule has 1 amide bonds. The van der Waals surface area contributed by atoms with Gasteiger partial charge in [0.2, 0.25) is 5.91 Å². The summed E-state index contributed by atoms with van der Waals surface area (Å²) in [7, 11) is 0. The number of amides is 1. The Morgan fingerprint density at radius 2 is 1.71 bits per heavy atom. The lowest BCUT2D eigenvalue weighted by atomic mass is 9.85. The van der Waals surface area contributed by atoms with Crippen LogP contribution in [0.15, 0.2) is 18.2 Å². The van der Waals surface area contributed by atoms with Gasteiger partial charge in [0.05, 0.1) is 6.54 Å². The smallest absolute Gasteiger partial charge is 0.320 e. The lowest BCUT2D eigenvalue weighted by Gasteiger charge is -2.32. The van der Waals surface area contributed by atoms with Crippen molar-refractivity contribution in [2.45, 2.75) is 83.7 Å². The average molecular weight is 387 g/mol. The van der Waals surface area contributed by atoms with Gasteiger partial charge >= 0.3 is 5.97 Å². The molecule has 1 saturated carbocycles. The number of likely N-dealkylation sites (tertiary alicyclic amines) is 1. The van der Waals surface area contributed by atoms with Gasteiger partial charge in [-0.25, -0.2) is 0 Å². The molecule has 1 heterocycles. The molecule has 5 nitrogen and oxygen atoms in total. The van der Waals surface area contributed by atoms with Crippen LogP contribution < -0.4 is 5.32 Å². The normalized spacial score (nSPS) is 25.1. The molecule has 0 aromatic heterocycles. The van der Waals surface area contributed by atoms with Crippen LogP contribution in [0.1, 0.15) is 82.8 Å². The number of carboxylic acid groups (broad SMARTS) is 1. The number of nitrogens with one attached hydrogen (secondary N) is 1. The summed E-state index contributed by atoms with van der Waals surface area (Å²) in [5.41, 5.74) is 3.17. The Kier molecular flexibility index (Phi) is 6.43. The maximum absolute atomic E-state index is 13.0. The van der Waals surface area contributed by atoms with Crippen molar-refractivity contribution >= 4 is 17.6 Å². The van der Waals surface area contributed by atoms with E-state index >= 15 is 0 Å². The molecule has 2 N–H and O–H groups in total. The standard InChI is InChI=1S/C23H34N2O3/c1-14(2)17-9-7-10-18(15(3)4)22(17)24-21(26)13-25-19-11-6-5-8-16(19)12-20(25)23(27)28/h7,9-10,14-16,19-20H,5-6,8,11-13H2,1-4H3,(H,24,26)(H,27,28). The van der Waals surface area contributed by atoms with Gasteiger partial charge in [-0.2, -0.15) is 0 Å². The second-order valence-corrected chi connectivity index (χ2v) is 9.04. The number of hydrogen-bond acceptors (Lipinski definition) is 3. The number of hydrogen-bond donors (Lipinski definition) is 2. The molecule has 3 rings (SSSR count). The maximum atomic E-state index is 13.0. The van der Waals surface area contributed by atoms with Gasteiger partial charge in [-0.05, 0) is 48.1 Å². The number of nitrogens with zero attached hydrogens (tertiary/aromatic N) is 1. The molecule has 2 aliphatic rings. The first-order chi connectivity index (χ1) is 13.3. The van der Waals surface area contributed by atoms with Gasteiger partial charge in [0.15, 0.2) is 0 Å². The number of benzene rings is 1. The fourth-order valence-corrected chi connectivity index (χ4v) is 5.06. The van der Waals surface area contributed by atoms with E-state index in [9.17, 15) is 14.7 Å². The molecule has 3 unspecified atom stereocenters. The van der Waals surface area contributed by atoms with Crippen molar-refractivity contribution < 1.29 is 14.7 Å². The number of para-hydroxylation sites is 1. The molecule has 28 heavy (non-hydrogen) atoms. The minimum atomic E-state index is -0.798. The van der Waals surface area contributed by atoms with Crippen molar-refractivity contribution in [3.8, 4) is 0 Å². The van der Waals surface area contributed by atoms with Gasteiger partial charge < -0.3 is 10.4 Å². The van der Waals surface area contributed by atoms with E-state index < -0.39 is 12.0 Å². The molecule has 2 fully saturated rings. The van der Waals surface area contributed by atoms with Crippen molar-refractivity contribution in [2.75, 3.05) is 11.9 Å². The highest BCUT2D eigenvalue weighted by Gasteiger charge is 2.45. The fraction of sp³-hybridized carbons (Fsp3) is 0.652. The van der Waals surface area contributed by atoms with Crippen molar-refractivity contribution in [1.82, 2.24) is 4.90 Å². The molecule has 0 radical (unpaired) electrons. The fourth-order valence-electron chi connectivity index (χ4n) is 5.06. The van der Waals surface area contributed by atoms with E-state index in [0.717, 1.165) is 36.1 Å². The minimum Gasteiger partial charge on any atom is -0.480 e. The number of carboxylic acids is 1. The Morgan fingerprint density at radius 3 is 2.29 bits per heavy atom. The van der Waals surface area contributed by atoms with E-state index in [1.165, 1.54) is 6.42 Å². The highest BCUT2D eigenvalue weighted by atomic mass is 16.4. The third kappa shape index (κ3) is 4.24. The van der Waals surface area contributed by atoms with Crippen LogP contribution in [-0.2, 0) is 9.59 Å². The van der Waals surface area contributed by atoms with E-state index in [2.05, 4.69) is 45.1 Å². The highest BCUT2D eigenvalue weighted by Crippen LogP contribution is 2.40. The number of fused-ring (bicyclic) bond motifs is 1. The zero-order valence-electron chi connectivity index (χ0n) is 17.6. The summed E-state index contributed by atoms with van der Waals surface area (Å²) in [6.45, 7) is 8.67. The summed E-state index contributed by atoms with van der Waals surface area (Å²) in [6.07, 6.45) is 5.06. The Hall–Kier alpha value is -1.88. The van der Waals surface area contributed by atoms with Crippen molar-refractivity contribution in [1.29, 1.82) is 0 Å². The first kappa shape index (κ1) is 20.8. The van der Waals surface area contributed by atoms with Gasteiger partial charge in [0.1, 0.15) is 6.04 Å². The number of carbonyl (C=O) groups excluding carboxylic acids is 1. The first-order valence-corrected chi connectivity index (χ1v) is 10.7. The highest BCUT2D eigenvalue weighted by molar-refractivity contribution is 5.94. The minimum absolute atomic E-state index is 0.104. The number of rotatable bonds is 6. The first-order valence-electron chi connectivity index (χ1n) is 10.7. The molecular weight excluding hydrogens is 352 g/mol. The number of carbonyl (C=O) groups is 2. The van der Waals surface area contributed by atoms with Crippen molar-refractivity contribution in [3.05, 3.63) is 29.3 Å². The van der Waals surface area contributed by atoms with Gasteiger partial charge in [0, 0.05) is 11.7 Å². The monoisotopic (exact) mass is 386 g/mol. The van der Waals surface area contributed by atoms with E-state index in [1.807, 2.05) is 11.0 Å². The van der Waals surface area contributed by atoms with Crippen LogP contribution in [0.3, 0.4) is 0 Å². The largest absolute Gasteiger partial charge is 0.480 e. The Balaban J connectivity index is 1.81. The van der Waals surface area contributed by atoms with E-state index in [-0.39, 0.29) is 18.5 Å². The number of aliphatic carboxylic acids is 1. The molecular formula is C23H34N2O3. The summed E-state index contributed by atoms with van der Waals surface area (Å²) in [4.78, 5) is 26.8. The van der Waals surface area contributed by atoms with E-state index in [0.29, 0.717) is 24.2 Å². The van der Waals surface area contributed by atoms with Crippen LogP contribution in [0, 0.1) is 5.92 Å². The van der Waals surface area contributed by atoms with Gasteiger partial charge in [-0.1, -0.05) is 58.7 Å². The van der Waals surface area contributed by atoms with Crippen LogP contribution in [0.4, 0.5) is 5.69 Å². The zero-order chi connectivity index (χ0) is 20.4. The molecule has 1 aliphatic heterocycles. The molecule has 1 aromatic rings. The van der Waals surface area contributed by atoms with Crippen molar-refractivity contribution in [3.63, 3.8) is 0 Å². The van der Waals surface area contributed by atoms with Gasteiger partial charge in [0.25, 0.3) is 0 Å². The van der Waals surface area contributed by atoms with Gasteiger partial charge in [-0.15, -0.1) is 0 Å². The molecule has 1 aliphatic carbocycles. The molecule has 1 saturated heterocycles. The summed E-state index contributed by atoms with van der Waals surface area (Å²) < 4.78 is 0. The summed E-state index contributed by atoms with van der Waals surface area (Å²) in [6, 6.07) is 5.88. The Bertz CT molecular complexity index is 702. The second kappa shape index (κ2) is 8.64. The maximum Gasteiger partial charge on any atom is 0.320 e. The van der Waals surface area contributed by atoms with Gasteiger partial charge in [-0.3, -0.25) is 14.5 Å². The van der Waals surface area contributed by atoms with Crippen LogP contribution >= 0.6 is 0 Å². The SMILES string of the molecule is CC(C)c1cccc(C(C)C)c1NC(=O)CN1C(C(=O)O)CC2CCCCC21. The van der Waals surface area contributed by atoms with E-state index in [4.69, 9.17) is 0 Å². The Labute approximate surface area is 168 Å². The van der Waals surface area contributed by atoms with Crippen LogP contribution in [-0.4, -0.2) is 40.5 Å². The quantitative estimate of drug-likeness (QED) is 0.750. The average Bonchev–Trinajstić information content (AvgIpc) is 3.00. The zero-order valence-corrected chi connectivity index (χ0v) is 17.6. The molecule has 0 spiro atoms. The molecule has 154 valence electrons. The topological polar surface area (TPSA) is 69.6 Å². The summed E-state index contributed by atoms with van der Waals surface area (Å²) in [5, 5.41) is 12.8. The Morgan fingerprint density at radius 1 is 1.11 bits per heavy atom. The molecule has 0 bridgehead atoms.